The number of hydrogen-bond donors (Lipinski definition) is 1. The molecule has 0 aliphatic rings. The lowest BCUT2D eigenvalue weighted by molar-refractivity contribution is -0.579. The molecule has 4 aromatic rings. The highest BCUT2D eigenvalue weighted by Gasteiger charge is 2.23. The molecule has 1 atom stereocenters. The Morgan fingerprint density at radius 3 is 2.54 bits per heavy atom. The fourth-order valence-electron chi connectivity index (χ4n) is 2.94. The average Bonchev–Trinajstić information content (AvgIpc) is 2.73. The number of benzene rings is 2. The molecule has 140 valence electrons. The molecule has 0 aliphatic heterocycles. The first kappa shape index (κ1) is 17.9. The predicted molar refractivity (Wildman–Crippen MR) is 106 cm³/mol. The standard InChI is InChI=1S/C20H16N4O3S/c1-21-20(25)23-28(27,16-10-14-6-2-4-8-18(14)22-12-16)17-11-15-7-3-5-9-19(15)24(26)13-17/h2-13H,1H3,(H,21,25)/t28-/m0/s1. The van der Waals surface area contributed by atoms with E-state index in [1.54, 1.807) is 36.4 Å². The van der Waals surface area contributed by atoms with Crippen molar-refractivity contribution in [2.24, 2.45) is 4.36 Å². The average molecular weight is 392 g/mol. The quantitative estimate of drug-likeness (QED) is 0.418. The van der Waals surface area contributed by atoms with Crippen molar-refractivity contribution >= 4 is 37.6 Å². The van der Waals surface area contributed by atoms with Crippen molar-refractivity contribution in [1.82, 2.24) is 10.3 Å². The van der Waals surface area contributed by atoms with E-state index < -0.39 is 15.8 Å². The monoisotopic (exact) mass is 392 g/mol. The number of urea groups is 1. The van der Waals surface area contributed by atoms with Crippen molar-refractivity contribution in [3.05, 3.63) is 78.3 Å². The molecule has 0 aliphatic carbocycles. The second kappa shape index (κ2) is 6.90. The summed E-state index contributed by atoms with van der Waals surface area (Å²) in [6.07, 6.45) is 2.63. The summed E-state index contributed by atoms with van der Waals surface area (Å²) >= 11 is 0. The lowest BCUT2D eigenvalue weighted by Gasteiger charge is -2.12. The normalized spacial score (nSPS) is 13.2. The molecule has 0 saturated heterocycles. The van der Waals surface area contributed by atoms with Gasteiger partial charge in [-0.25, -0.2) is 9.00 Å². The van der Waals surface area contributed by atoms with Crippen molar-refractivity contribution in [3.63, 3.8) is 0 Å². The number of pyridine rings is 2. The van der Waals surface area contributed by atoms with Crippen LogP contribution in [0.2, 0.25) is 0 Å². The highest BCUT2D eigenvalue weighted by atomic mass is 32.2. The number of nitrogens with zero attached hydrogens (tertiary/aromatic N) is 3. The zero-order valence-corrected chi connectivity index (χ0v) is 15.7. The molecule has 0 bridgehead atoms. The van der Waals surface area contributed by atoms with Crippen LogP contribution in [0.15, 0.2) is 87.2 Å². The van der Waals surface area contributed by atoms with E-state index in [0.717, 1.165) is 10.9 Å². The fraction of sp³-hybridized carbons (Fsp3) is 0.0500. The molecular formula is C20H16N4O3S. The number of carbonyl (C=O) groups excluding carboxylic acids is 1. The smallest absolute Gasteiger partial charge is 0.349 e. The topological polar surface area (TPSA) is 98.4 Å². The SMILES string of the molecule is CNC(=O)N=[S@](=O)(c1cnc2ccccc2c1)c1cc2ccccc2[n+]([O-])c1. The van der Waals surface area contributed by atoms with Gasteiger partial charge in [0.15, 0.2) is 6.20 Å². The number of fused-ring (bicyclic) bond motifs is 2. The van der Waals surface area contributed by atoms with Crippen molar-refractivity contribution in [1.29, 1.82) is 0 Å². The van der Waals surface area contributed by atoms with E-state index in [2.05, 4.69) is 14.7 Å². The lowest BCUT2D eigenvalue weighted by Crippen LogP contribution is -2.28. The molecule has 2 amide bonds. The Hall–Kier alpha value is -3.52. The Kier molecular flexibility index (Phi) is 4.40. The summed E-state index contributed by atoms with van der Waals surface area (Å²) < 4.78 is 18.5. The molecule has 1 N–H and O–H groups in total. The first-order valence-corrected chi connectivity index (χ1v) is 9.98. The molecule has 2 aromatic carbocycles. The third-order valence-electron chi connectivity index (χ3n) is 4.35. The van der Waals surface area contributed by atoms with Crippen molar-refractivity contribution < 1.29 is 13.7 Å². The van der Waals surface area contributed by atoms with E-state index in [-0.39, 0.29) is 9.79 Å². The Morgan fingerprint density at radius 2 is 1.75 bits per heavy atom. The van der Waals surface area contributed by atoms with Crippen LogP contribution in [0.4, 0.5) is 4.79 Å². The van der Waals surface area contributed by atoms with E-state index in [9.17, 15) is 14.2 Å². The van der Waals surface area contributed by atoms with Gasteiger partial charge in [0.2, 0.25) is 5.52 Å². The summed E-state index contributed by atoms with van der Waals surface area (Å²) in [7, 11) is -2.03. The van der Waals surface area contributed by atoms with Gasteiger partial charge >= 0.3 is 6.03 Å². The molecule has 0 unspecified atom stereocenters. The molecule has 7 nitrogen and oxygen atoms in total. The third-order valence-corrected chi connectivity index (χ3v) is 6.49. The maximum Gasteiger partial charge on any atom is 0.349 e. The number of hydrogen-bond acceptors (Lipinski definition) is 4. The van der Waals surface area contributed by atoms with Crippen molar-refractivity contribution in [3.8, 4) is 0 Å². The predicted octanol–water partition coefficient (Wildman–Crippen LogP) is 3.25. The van der Waals surface area contributed by atoms with Crippen LogP contribution in [0.25, 0.3) is 21.8 Å². The molecule has 28 heavy (non-hydrogen) atoms. The largest absolute Gasteiger partial charge is 0.618 e. The third kappa shape index (κ3) is 3.03. The minimum atomic E-state index is -3.43. The summed E-state index contributed by atoms with van der Waals surface area (Å²) in [5.41, 5.74) is 1.16. The van der Waals surface area contributed by atoms with E-state index in [0.29, 0.717) is 15.6 Å². The van der Waals surface area contributed by atoms with Crippen molar-refractivity contribution in [2.45, 2.75) is 9.79 Å². The number of carbonyl (C=O) groups is 1. The van der Waals surface area contributed by atoms with Gasteiger partial charge in [-0.1, -0.05) is 30.3 Å². The first-order valence-electron chi connectivity index (χ1n) is 8.47. The van der Waals surface area contributed by atoms with Crippen LogP contribution < -0.4 is 10.0 Å². The summed E-state index contributed by atoms with van der Waals surface area (Å²) in [4.78, 5) is 16.8. The summed E-state index contributed by atoms with van der Waals surface area (Å²) in [5, 5.41) is 16.2. The molecule has 0 spiro atoms. The molecule has 2 heterocycles. The van der Waals surface area contributed by atoms with Gasteiger partial charge in [-0.15, -0.1) is 4.36 Å². The zero-order valence-electron chi connectivity index (χ0n) is 14.9. The number of rotatable bonds is 2. The zero-order chi connectivity index (χ0) is 19.7. The highest BCUT2D eigenvalue weighted by Crippen LogP contribution is 2.27. The van der Waals surface area contributed by atoms with Gasteiger partial charge in [-0.05, 0) is 24.3 Å². The Labute approximate surface area is 161 Å². The van der Waals surface area contributed by atoms with Crippen LogP contribution in [0.5, 0.6) is 0 Å². The van der Waals surface area contributed by atoms with E-state index in [4.69, 9.17) is 0 Å². The van der Waals surface area contributed by atoms with Crippen LogP contribution in [-0.4, -0.2) is 22.3 Å². The van der Waals surface area contributed by atoms with Gasteiger partial charge in [0.25, 0.3) is 0 Å². The molecule has 2 aromatic heterocycles. The molecule has 0 fully saturated rings. The van der Waals surface area contributed by atoms with Crippen LogP contribution in [0, 0.1) is 5.21 Å². The molecule has 4 rings (SSSR count). The van der Waals surface area contributed by atoms with Crippen molar-refractivity contribution in [2.75, 3.05) is 7.05 Å². The molecule has 0 saturated carbocycles. The molecular weight excluding hydrogens is 376 g/mol. The maximum atomic E-state index is 14.0. The van der Waals surface area contributed by atoms with Gasteiger partial charge in [0.05, 0.1) is 10.4 Å². The molecule has 0 radical (unpaired) electrons. The Bertz CT molecular complexity index is 1340. The number of aromatic nitrogens is 2. The Morgan fingerprint density at radius 1 is 1.07 bits per heavy atom. The number of amides is 2. The summed E-state index contributed by atoms with van der Waals surface area (Å²) in [6.45, 7) is 0. The highest BCUT2D eigenvalue weighted by molar-refractivity contribution is 7.94. The van der Waals surface area contributed by atoms with E-state index >= 15 is 0 Å². The van der Waals surface area contributed by atoms with E-state index in [1.165, 1.54) is 19.4 Å². The fourth-order valence-corrected chi connectivity index (χ4v) is 4.76. The van der Waals surface area contributed by atoms with Crippen LogP contribution in [0.3, 0.4) is 0 Å². The minimum Gasteiger partial charge on any atom is -0.618 e. The van der Waals surface area contributed by atoms with Gasteiger partial charge < -0.3 is 10.5 Å². The summed E-state index contributed by atoms with van der Waals surface area (Å²) in [5.74, 6) is 0. The lowest BCUT2D eigenvalue weighted by atomic mass is 10.2. The maximum absolute atomic E-state index is 14.0. The van der Waals surface area contributed by atoms with Gasteiger partial charge in [0.1, 0.15) is 14.6 Å². The van der Waals surface area contributed by atoms with Crippen LogP contribution in [-0.2, 0) is 9.73 Å². The van der Waals surface area contributed by atoms with Gasteiger partial charge in [-0.2, -0.15) is 4.73 Å². The first-order chi connectivity index (χ1) is 13.5. The van der Waals surface area contributed by atoms with Gasteiger partial charge in [-0.3, -0.25) is 4.98 Å². The van der Waals surface area contributed by atoms with Crippen LogP contribution >= 0.6 is 0 Å². The van der Waals surface area contributed by atoms with E-state index in [1.807, 2.05) is 24.3 Å². The molecule has 8 heteroatoms. The number of nitrogens with one attached hydrogen (secondary N) is 1. The minimum absolute atomic E-state index is 0.141. The Balaban J connectivity index is 2.03. The summed E-state index contributed by atoms with van der Waals surface area (Å²) in [6, 6.07) is 16.8. The second-order valence-electron chi connectivity index (χ2n) is 6.10. The van der Waals surface area contributed by atoms with Gasteiger partial charge in [0, 0.05) is 30.1 Å². The second-order valence-corrected chi connectivity index (χ2v) is 8.27. The number of para-hydroxylation sites is 2. The van der Waals surface area contributed by atoms with Crippen LogP contribution in [0.1, 0.15) is 0 Å².